The summed E-state index contributed by atoms with van der Waals surface area (Å²) in [6, 6.07) is 5.86. The van der Waals surface area contributed by atoms with Gasteiger partial charge in [-0.3, -0.25) is 9.79 Å². The third kappa shape index (κ3) is 3.19. The monoisotopic (exact) mass is 341 g/mol. The summed E-state index contributed by atoms with van der Waals surface area (Å²) in [6.45, 7) is 2.06. The van der Waals surface area contributed by atoms with Crippen molar-refractivity contribution >= 4 is 17.2 Å². The third-order valence-electron chi connectivity index (χ3n) is 6.20. The predicted molar refractivity (Wildman–Crippen MR) is 98.0 cm³/mol. The summed E-state index contributed by atoms with van der Waals surface area (Å²) in [5.74, 6) is 3.42. The van der Waals surface area contributed by atoms with Crippen LogP contribution >= 0.6 is 0 Å². The van der Waals surface area contributed by atoms with Gasteiger partial charge in [0.25, 0.3) is 0 Å². The van der Waals surface area contributed by atoms with Crippen LogP contribution in [0.15, 0.2) is 23.2 Å². The Labute approximate surface area is 149 Å². The first kappa shape index (κ1) is 16.6. The molecule has 1 unspecified atom stereocenters. The van der Waals surface area contributed by atoms with E-state index >= 15 is 0 Å². The molecule has 0 spiro atoms. The second-order valence-corrected chi connectivity index (χ2v) is 7.70. The number of nitrogens with zero attached hydrogens (tertiary/aromatic N) is 1. The largest absolute Gasteiger partial charge is 0.493 e. The van der Waals surface area contributed by atoms with Crippen LogP contribution in [-0.2, 0) is 4.79 Å². The van der Waals surface area contributed by atoms with Crippen molar-refractivity contribution in [3.05, 3.63) is 18.2 Å². The minimum absolute atomic E-state index is 0.00274. The molecule has 4 nitrogen and oxygen atoms in total. The van der Waals surface area contributed by atoms with E-state index in [1.54, 1.807) is 7.11 Å². The van der Waals surface area contributed by atoms with E-state index in [1.165, 1.54) is 25.7 Å². The molecule has 3 aliphatic carbocycles. The average Bonchev–Trinajstić information content (AvgIpc) is 3.31. The van der Waals surface area contributed by atoms with Crippen molar-refractivity contribution in [3.63, 3.8) is 0 Å². The summed E-state index contributed by atoms with van der Waals surface area (Å²) in [5.41, 5.74) is 1.88. The van der Waals surface area contributed by atoms with Crippen molar-refractivity contribution in [1.82, 2.24) is 0 Å². The summed E-state index contributed by atoms with van der Waals surface area (Å²) >= 11 is 0. The number of hydrogen-bond donors (Lipinski definition) is 0. The Hall–Kier alpha value is -1.84. The van der Waals surface area contributed by atoms with E-state index in [-0.39, 0.29) is 5.92 Å². The highest BCUT2D eigenvalue weighted by atomic mass is 16.5. The number of Topliss-reactive ketones (excluding diaryl/α,β-unsaturated/α-hetero) is 1. The molecular formula is C21H27NO3. The quantitative estimate of drug-likeness (QED) is 0.778. The van der Waals surface area contributed by atoms with Gasteiger partial charge in [0.1, 0.15) is 11.9 Å². The predicted octanol–water partition coefficient (Wildman–Crippen LogP) is 4.72. The number of hydrogen-bond acceptors (Lipinski definition) is 4. The number of carbonyl (C=O) groups is 1. The maximum atomic E-state index is 12.0. The van der Waals surface area contributed by atoms with Crippen molar-refractivity contribution in [1.29, 1.82) is 0 Å². The number of carbonyl (C=O) groups excluding carboxylic acids is 1. The minimum Gasteiger partial charge on any atom is -0.493 e. The SMILES string of the molecule is CCC1C(=O)CCC1=Nc1ccc(OC)c(O[C@@H]2C[C@H]3CC[C@@H]2C3)c1. The van der Waals surface area contributed by atoms with Gasteiger partial charge in [-0.2, -0.15) is 0 Å². The topological polar surface area (TPSA) is 47.9 Å². The smallest absolute Gasteiger partial charge is 0.163 e. The van der Waals surface area contributed by atoms with Crippen molar-refractivity contribution < 1.29 is 14.3 Å². The molecule has 1 aromatic rings. The summed E-state index contributed by atoms with van der Waals surface area (Å²) in [7, 11) is 1.68. The highest BCUT2D eigenvalue weighted by molar-refractivity contribution is 6.11. The van der Waals surface area contributed by atoms with E-state index in [9.17, 15) is 4.79 Å². The lowest BCUT2D eigenvalue weighted by molar-refractivity contribution is -0.119. The number of benzene rings is 1. The number of fused-ring (bicyclic) bond motifs is 2. The Bertz CT molecular complexity index is 696. The van der Waals surface area contributed by atoms with Crippen LogP contribution in [0.3, 0.4) is 0 Å². The van der Waals surface area contributed by atoms with Gasteiger partial charge in [0.05, 0.1) is 18.7 Å². The van der Waals surface area contributed by atoms with E-state index in [4.69, 9.17) is 14.5 Å². The molecule has 3 fully saturated rings. The molecule has 3 saturated carbocycles. The first-order valence-electron chi connectivity index (χ1n) is 9.62. The number of ketones is 1. The van der Waals surface area contributed by atoms with Crippen LogP contribution in [0.25, 0.3) is 0 Å². The third-order valence-corrected chi connectivity index (χ3v) is 6.20. The van der Waals surface area contributed by atoms with E-state index in [0.717, 1.165) is 41.7 Å². The zero-order chi connectivity index (χ0) is 17.4. The molecule has 0 radical (unpaired) electrons. The first-order chi connectivity index (χ1) is 12.2. The molecule has 134 valence electrons. The van der Waals surface area contributed by atoms with Gasteiger partial charge in [0.15, 0.2) is 11.5 Å². The maximum Gasteiger partial charge on any atom is 0.163 e. The highest BCUT2D eigenvalue weighted by Crippen LogP contribution is 2.47. The number of ether oxygens (including phenoxy) is 2. The molecule has 25 heavy (non-hydrogen) atoms. The number of methoxy groups -OCH3 is 1. The standard InChI is InChI=1S/C21H27NO3/c1-3-16-17(7-8-18(16)23)22-15-6-9-19(24-2)21(12-15)25-20-11-13-4-5-14(20)10-13/h6,9,12-14,16,20H,3-5,7-8,10-11H2,1-2H3/t13-,14+,16?,20+/m0/s1. The normalized spacial score (nSPS) is 32.6. The van der Waals surface area contributed by atoms with Crippen molar-refractivity contribution in [3.8, 4) is 11.5 Å². The van der Waals surface area contributed by atoms with Gasteiger partial charge in [-0.25, -0.2) is 0 Å². The second kappa shape index (κ2) is 6.81. The van der Waals surface area contributed by atoms with Gasteiger partial charge in [0, 0.05) is 18.2 Å². The molecule has 4 heteroatoms. The van der Waals surface area contributed by atoms with E-state index in [0.29, 0.717) is 24.2 Å². The molecular weight excluding hydrogens is 314 g/mol. The van der Waals surface area contributed by atoms with Crippen molar-refractivity contribution in [2.24, 2.45) is 22.7 Å². The Balaban J connectivity index is 1.57. The Morgan fingerprint density at radius 3 is 2.72 bits per heavy atom. The van der Waals surface area contributed by atoms with Crippen molar-refractivity contribution in [2.45, 2.75) is 58.0 Å². The molecule has 0 N–H and O–H groups in total. The van der Waals surface area contributed by atoms with Gasteiger partial charge in [-0.05, 0) is 62.5 Å². The van der Waals surface area contributed by atoms with Crippen LogP contribution < -0.4 is 9.47 Å². The van der Waals surface area contributed by atoms with Crippen LogP contribution in [0.5, 0.6) is 11.5 Å². The van der Waals surface area contributed by atoms with Gasteiger partial charge in [0.2, 0.25) is 0 Å². The zero-order valence-electron chi connectivity index (χ0n) is 15.2. The van der Waals surface area contributed by atoms with E-state index in [1.807, 2.05) is 18.2 Å². The summed E-state index contributed by atoms with van der Waals surface area (Å²) in [5, 5.41) is 0. The molecule has 0 heterocycles. The highest BCUT2D eigenvalue weighted by Gasteiger charge is 2.41. The van der Waals surface area contributed by atoms with Crippen LogP contribution in [0.1, 0.15) is 51.9 Å². The molecule has 4 rings (SSSR count). The van der Waals surface area contributed by atoms with Crippen LogP contribution in [0.4, 0.5) is 5.69 Å². The first-order valence-corrected chi connectivity index (χ1v) is 9.62. The van der Waals surface area contributed by atoms with Gasteiger partial charge in [-0.1, -0.05) is 6.92 Å². The molecule has 1 aromatic carbocycles. The summed E-state index contributed by atoms with van der Waals surface area (Å²) in [6.07, 6.45) is 7.69. The summed E-state index contributed by atoms with van der Waals surface area (Å²) in [4.78, 5) is 16.7. The molecule has 0 aromatic heterocycles. The van der Waals surface area contributed by atoms with E-state index in [2.05, 4.69) is 6.92 Å². The van der Waals surface area contributed by atoms with Crippen LogP contribution in [-0.4, -0.2) is 24.7 Å². The Morgan fingerprint density at radius 1 is 1.16 bits per heavy atom. The molecule has 4 atom stereocenters. The summed E-state index contributed by atoms with van der Waals surface area (Å²) < 4.78 is 11.8. The number of aliphatic imine (C=N–C) groups is 1. The fourth-order valence-corrected chi connectivity index (χ4v) is 4.87. The molecule has 0 saturated heterocycles. The van der Waals surface area contributed by atoms with Crippen LogP contribution in [0, 0.1) is 17.8 Å². The van der Waals surface area contributed by atoms with Gasteiger partial charge in [-0.15, -0.1) is 0 Å². The lowest BCUT2D eigenvalue weighted by Crippen LogP contribution is -2.23. The van der Waals surface area contributed by atoms with E-state index < -0.39 is 0 Å². The molecule has 2 bridgehead atoms. The average molecular weight is 341 g/mol. The van der Waals surface area contributed by atoms with Crippen LogP contribution in [0.2, 0.25) is 0 Å². The van der Waals surface area contributed by atoms with Gasteiger partial charge >= 0.3 is 0 Å². The zero-order valence-corrected chi connectivity index (χ0v) is 15.2. The molecule has 0 amide bonds. The molecule has 0 aliphatic heterocycles. The van der Waals surface area contributed by atoms with Crippen molar-refractivity contribution in [2.75, 3.05) is 7.11 Å². The minimum atomic E-state index is -0.00274. The lowest BCUT2D eigenvalue weighted by atomic mass is 9.98. The second-order valence-electron chi connectivity index (χ2n) is 7.70. The van der Waals surface area contributed by atoms with Gasteiger partial charge < -0.3 is 9.47 Å². The lowest BCUT2D eigenvalue weighted by Gasteiger charge is -2.24. The Morgan fingerprint density at radius 2 is 2.04 bits per heavy atom. The molecule has 3 aliphatic rings. The fraction of sp³-hybridized carbons (Fsp3) is 0.619. The number of rotatable bonds is 5. The maximum absolute atomic E-state index is 12.0. The Kier molecular flexibility index (Phi) is 4.53. The fourth-order valence-electron chi connectivity index (χ4n) is 4.87.